The average Bonchev–Trinajstić information content (AvgIpc) is 2.14. The molecule has 0 aliphatic heterocycles. The summed E-state index contributed by atoms with van der Waals surface area (Å²) < 4.78 is 4.15. The van der Waals surface area contributed by atoms with Crippen LogP contribution in [0, 0.1) is 6.92 Å². The molecule has 0 bridgehead atoms. The fraction of sp³-hybridized carbons (Fsp3) is 0.571. The second kappa shape index (κ2) is 3.93. The Morgan fingerprint density at radius 3 is 2.18 bits per heavy atom. The van der Waals surface area contributed by atoms with Crippen molar-refractivity contribution in [1.29, 1.82) is 0 Å². The average molecular weight is 193 g/mol. The summed E-state index contributed by atoms with van der Waals surface area (Å²) in [5.41, 5.74) is 7.59. The molecule has 64 valence electrons. The molecular weight excluding hydrogens is 180 g/mol. The number of nitrogens with two attached hydrogens (primary N) is 1. The lowest BCUT2D eigenvalue weighted by Gasteiger charge is -1.99. The van der Waals surface area contributed by atoms with Crippen molar-refractivity contribution in [3.05, 3.63) is 10.6 Å². The Kier molecular flexibility index (Phi) is 3.83. The van der Waals surface area contributed by atoms with Crippen molar-refractivity contribution in [1.82, 2.24) is 4.37 Å². The van der Waals surface area contributed by atoms with E-state index in [9.17, 15) is 0 Å². The van der Waals surface area contributed by atoms with Crippen molar-refractivity contribution in [2.45, 2.75) is 26.7 Å². The molecule has 0 spiro atoms. The molecular formula is C7H13ClN2S. The van der Waals surface area contributed by atoms with Gasteiger partial charge in [0.25, 0.3) is 0 Å². The van der Waals surface area contributed by atoms with Crippen molar-refractivity contribution < 1.29 is 0 Å². The molecule has 2 nitrogen and oxygen atoms in total. The molecule has 1 heterocycles. The summed E-state index contributed by atoms with van der Waals surface area (Å²) in [7, 11) is 0. The van der Waals surface area contributed by atoms with Gasteiger partial charge in [0, 0.05) is 0 Å². The van der Waals surface area contributed by atoms with Gasteiger partial charge in [0.05, 0.1) is 16.3 Å². The standard InChI is InChI=1S/C7H12N2S.ClH/c1-4(2)7-6(8)5(3)9-10-7;/h4H,8H2,1-3H3;1H. The number of nitrogens with zero attached hydrogens (tertiary/aromatic N) is 1. The maximum absolute atomic E-state index is 5.75. The largest absolute Gasteiger partial charge is 0.396 e. The number of hydrogen-bond donors (Lipinski definition) is 1. The number of anilines is 1. The molecule has 0 atom stereocenters. The first-order chi connectivity index (χ1) is 4.63. The monoisotopic (exact) mass is 192 g/mol. The predicted molar refractivity (Wildman–Crippen MR) is 52.6 cm³/mol. The molecule has 0 saturated heterocycles. The van der Waals surface area contributed by atoms with E-state index in [1.165, 1.54) is 16.4 Å². The van der Waals surface area contributed by atoms with Gasteiger partial charge in [-0.2, -0.15) is 4.37 Å². The van der Waals surface area contributed by atoms with Crippen LogP contribution in [0.25, 0.3) is 0 Å². The molecule has 0 aliphatic rings. The van der Waals surface area contributed by atoms with Gasteiger partial charge in [-0.05, 0) is 24.4 Å². The van der Waals surface area contributed by atoms with Gasteiger partial charge in [-0.25, -0.2) is 0 Å². The minimum Gasteiger partial charge on any atom is -0.396 e. The van der Waals surface area contributed by atoms with E-state index >= 15 is 0 Å². The van der Waals surface area contributed by atoms with E-state index in [1.54, 1.807) is 0 Å². The third-order valence-electron chi connectivity index (χ3n) is 1.46. The van der Waals surface area contributed by atoms with Crippen LogP contribution in [-0.4, -0.2) is 4.37 Å². The number of halogens is 1. The maximum atomic E-state index is 5.75. The quantitative estimate of drug-likeness (QED) is 0.743. The highest BCUT2D eigenvalue weighted by Gasteiger charge is 2.09. The first kappa shape index (κ1) is 10.7. The van der Waals surface area contributed by atoms with E-state index in [4.69, 9.17) is 5.73 Å². The van der Waals surface area contributed by atoms with Crippen LogP contribution in [0.1, 0.15) is 30.3 Å². The van der Waals surface area contributed by atoms with Crippen molar-refractivity contribution in [3.63, 3.8) is 0 Å². The molecule has 2 N–H and O–H groups in total. The Morgan fingerprint density at radius 1 is 1.45 bits per heavy atom. The van der Waals surface area contributed by atoms with Crippen LogP contribution in [0.5, 0.6) is 0 Å². The molecule has 1 aromatic rings. The van der Waals surface area contributed by atoms with Crippen molar-refractivity contribution in [2.75, 3.05) is 5.73 Å². The van der Waals surface area contributed by atoms with Crippen LogP contribution in [-0.2, 0) is 0 Å². The summed E-state index contributed by atoms with van der Waals surface area (Å²) in [6, 6.07) is 0. The van der Waals surface area contributed by atoms with Gasteiger partial charge in [-0.1, -0.05) is 13.8 Å². The third-order valence-corrected chi connectivity index (χ3v) is 2.71. The second-order valence-electron chi connectivity index (χ2n) is 2.70. The lowest BCUT2D eigenvalue weighted by atomic mass is 10.1. The highest BCUT2D eigenvalue weighted by atomic mass is 35.5. The zero-order valence-corrected chi connectivity index (χ0v) is 8.55. The van der Waals surface area contributed by atoms with Gasteiger partial charge in [0.1, 0.15) is 0 Å². The molecule has 1 rings (SSSR count). The zero-order chi connectivity index (χ0) is 7.72. The van der Waals surface area contributed by atoms with Crippen molar-refractivity contribution in [3.8, 4) is 0 Å². The van der Waals surface area contributed by atoms with Crippen LogP contribution in [0.4, 0.5) is 5.69 Å². The second-order valence-corrected chi connectivity index (χ2v) is 3.51. The molecule has 11 heavy (non-hydrogen) atoms. The smallest absolute Gasteiger partial charge is 0.0743 e. The first-order valence-electron chi connectivity index (χ1n) is 3.34. The Labute approximate surface area is 77.4 Å². The summed E-state index contributed by atoms with van der Waals surface area (Å²) >= 11 is 1.51. The van der Waals surface area contributed by atoms with Gasteiger partial charge in [0.2, 0.25) is 0 Å². The number of nitrogen functional groups attached to an aromatic ring is 1. The maximum Gasteiger partial charge on any atom is 0.0743 e. The number of aryl methyl sites for hydroxylation is 1. The summed E-state index contributed by atoms with van der Waals surface area (Å²) in [6.07, 6.45) is 0. The van der Waals surface area contributed by atoms with Gasteiger partial charge in [-0.15, -0.1) is 12.4 Å². The molecule has 0 fully saturated rings. The van der Waals surface area contributed by atoms with Crippen LogP contribution in [0.3, 0.4) is 0 Å². The van der Waals surface area contributed by atoms with Crippen molar-refractivity contribution >= 4 is 29.6 Å². The molecule has 0 aromatic carbocycles. The molecule has 0 unspecified atom stereocenters. The summed E-state index contributed by atoms with van der Waals surface area (Å²) in [4.78, 5) is 1.21. The minimum absolute atomic E-state index is 0. The SMILES string of the molecule is Cc1nsc(C(C)C)c1N.Cl. The van der Waals surface area contributed by atoms with Crippen LogP contribution in [0.2, 0.25) is 0 Å². The van der Waals surface area contributed by atoms with Gasteiger partial charge < -0.3 is 5.73 Å². The lowest BCUT2D eigenvalue weighted by molar-refractivity contribution is 0.891. The van der Waals surface area contributed by atoms with Crippen LogP contribution in [0.15, 0.2) is 0 Å². The summed E-state index contributed by atoms with van der Waals surface area (Å²) in [5, 5.41) is 0. The van der Waals surface area contributed by atoms with E-state index < -0.39 is 0 Å². The van der Waals surface area contributed by atoms with Crippen molar-refractivity contribution in [2.24, 2.45) is 0 Å². The molecule has 1 aromatic heterocycles. The fourth-order valence-corrected chi connectivity index (χ4v) is 1.60. The Hall–Kier alpha value is -0.280. The fourth-order valence-electron chi connectivity index (χ4n) is 0.811. The Morgan fingerprint density at radius 2 is 2.00 bits per heavy atom. The summed E-state index contributed by atoms with van der Waals surface area (Å²) in [5.74, 6) is 0.506. The van der Waals surface area contributed by atoms with E-state index in [1.807, 2.05) is 6.92 Å². The number of aromatic nitrogens is 1. The Bertz CT molecular complexity index is 232. The van der Waals surface area contributed by atoms with Gasteiger partial charge >= 0.3 is 0 Å². The lowest BCUT2D eigenvalue weighted by Crippen LogP contribution is -1.91. The zero-order valence-electron chi connectivity index (χ0n) is 6.92. The van der Waals surface area contributed by atoms with Crippen LogP contribution < -0.4 is 5.73 Å². The Balaban J connectivity index is 0.000001000. The van der Waals surface area contributed by atoms with Gasteiger partial charge in [0.15, 0.2) is 0 Å². The summed E-state index contributed by atoms with van der Waals surface area (Å²) in [6.45, 7) is 6.20. The molecule has 4 heteroatoms. The molecule has 0 aliphatic carbocycles. The normalized spacial score (nSPS) is 9.82. The topological polar surface area (TPSA) is 38.9 Å². The van der Waals surface area contributed by atoms with E-state index in [2.05, 4.69) is 18.2 Å². The van der Waals surface area contributed by atoms with E-state index in [0.29, 0.717) is 5.92 Å². The van der Waals surface area contributed by atoms with Gasteiger partial charge in [-0.3, -0.25) is 0 Å². The minimum atomic E-state index is 0. The van der Waals surface area contributed by atoms with E-state index in [0.717, 1.165) is 11.4 Å². The number of hydrogen-bond acceptors (Lipinski definition) is 3. The first-order valence-corrected chi connectivity index (χ1v) is 4.12. The van der Waals surface area contributed by atoms with Crippen LogP contribution >= 0.6 is 23.9 Å². The molecule has 0 radical (unpaired) electrons. The highest BCUT2D eigenvalue weighted by Crippen LogP contribution is 2.27. The molecule has 0 amide bonds. The number of rotatable bonds is 1. The third kappa shape index (κ3) is 2.07. The van der Waals surface area contributed by atoms with E-state index in [-0.39, 0.29) is 12.4 Å². The predicted octanol–water partition coefficient (Wildman–Crippen LogP) is 2.58. The highest BCUT2D eigenvalue weighted by molar-refractivity contribution is 7.06. The molecule has 0 saturated carbocycles.